The summed E-state index contributed by atoms with van der Waals surface area (Å²) in [6, 6.07) is 12.5. The molecular formula is C19H22ClN3O4S. The van der Waals surface area contributed by atoms with Crippen LogP contribution in [0.15, 0.2) is 56.6 Å². The minimum Gasteiger partial charge on any atom is -0.408 e. The topological polar surface area (TPSA) is 93.3 Å². The Hall–Kier alpha value is -2.13. The fraction of sp³-hybridized carbons (Fsp3) is 0.316. The number of fused-ring (bicyclic) bond motifs is 2. The molecule has 1 atom stereocenters. The summed E-state index contributed by atoms with van der Waals surface area (Å²) in [6.07, 6.45) is 0.934. The first-order valence-corrected chi connectivity index (χ1v) is 10.4. The Morgan fingerprint density at radius 3 is 2.82 bits per heavy atom. The van der Waals surface area contributed by atoms with E-state index in [4.69, 9.17) is 4.42 Å². The van der Waals surface area contributed by atoms with Gasteiger partial charge in [0.05, 0.1) is 10.4 Å². The van der Waals surface area contributed by atoms with Crippen LogP contribution in [0.1, 0.15) is 24.1 Å². The first-order valence-electron chi connectivity index (χ1n) is 8.94. The van der Waals surface area contributed by atoms with Crippen LogP contribution < -0.4 is 15.8 Å². The number of aromatic nitrogens is 1. The molecule has 0 amide bonds. The van der Waals surface area contributed by atoms with E-state index < -0.39 is 15.8 Å². The van der Waals surface area contributed by atoms with E-state index in [1.54, 1.807) is 6.07 Å². The van der Waals surface area contributed by atoms with E-state index in [9.17, 15) is 13.2 Å². The van der Waals surface area contributed by atoms with E-state index in [2.05, 4.69) is 16.1 Å². The van der Waals surface area contributed by atoms with Crippen molar-refractivity contribution < 1.29 is 12.8 Å². The fourth-order valence-electron chi connectivity index (χ4n) is 3.56. The van der Waals surface area contributed by atoms with Crippen LogP contribution in [0.25, 0.3) is 11.1 Å². The Bertz CT molecular complexity index is 1150. The zero-order valence-electron chi connectivity index (χ0n) is 15.3. The van der Waals surface area contributed by atoms with E-state index in [1.165, 1.54) is 22.3 Å². The van der Waals surface area contributed by atoms with Gasteiger partial charge in [0.25, 0.3) is 0 Å². The molecule has 0 saturated heterocycles. The number of aryl methyl sites for hydroxylation is 1. The third kappa shape index (κ3) is 3.73. The third-order valence-electron chi connectivity index (χ3n) is 4.96. The lowest BCUT2D eigenvalue weighted by molar-refractivity contribution is 0.491. The highest BCUT2D eigenvalue weighted by atomic mass is 35.5. The Labute approximate surface area is 169 Å². The quantitative estimate of drug-likeness (QED) is 0.656. The van der Waals surface area contributed by atoms with Gasteiger partial charge < -0.3 is 9.73 Å². The van der Waals surface area contributed by atoms with Crippen molar-refractivity contribution in [3.8, 4) is 0 Å². The molecule has 1 aromatic heterocycles. The second-order valence-corrected chi connectivity index (χ2v) is 8.32. The second-order valence-electron chi connectivity index (χ2n) is 6.55. The number of halogens is 1. The summed E-state index contributed by atoms with van der Waals surface area (Å²) in [5.74, 6) is -0.488. The minimum atomic E-state index is -3.73. The summed E-state index contributed by atoms with van der Waals surface area (Å²) >= 11 is 0. The molecule has 0 saturated carbocycles. The van der Waals surface area contributed by atoms with Crippen molar-refractivity contribution in [2.75, 3.05) is 13.1 Å². The molecule has 1 aliphatic rings. The molecule has 7 nitrogen and oxygen atoms in total. The Balaban J connectivity index is 0.00000225. The van der Waals surface area contributed by atoms with Gasteiger partial charge in [-0.05, 0) is 43.1 Å². The zero-order chi connectivity index (χ0) is 19.0. The summed E-state index contributed by atoms with van der Waals surface area (Å²) in [4.78, 5) is 11.9. The number of nitrogens with zero attached hydrogens (tertiary/aromatic N) is 1. The summed E-state index contributed by atoms with van der Waals surface area (Å²) in [5.41, 5.74) is 3.22. The smallest absolute Gasteiger partial charge is 0.408 e. The van der Waals surface area contributed by atoms with E-state index >= 15 is 0 Å². The SMILES string of the molecule is CCn1c(=O)oc2cc(S(=O)(=O)NCC3NCCc4ccccc43)ccc21.Cl. The van der Waals surface area contributed by atoms with E-state index in [0.29, 0.717) is 12.1 Å². The molecule has 28 heavy (non-hydrogen) atoms. The largest absolute Gasteiger partial charge is 0.419 e. The van der Waals surface area contributed by atoms with E-state index in [0.717, 1.165) is 18.5 Å². The maximum atomic E-state index is 12.7. The third-order valence-corrected chi connectivity index (χ3v) is 6.38. The Morgan fingerprint density at radius 2 is 2.04 bits per heavy atom. The molecule has 1 aliphatic heterocycles. The predicted octanol–water partition coefficient (Wildman–Crippen LogP) is 2.20. The predicted molar refractivity (Wildman–Crippen MR) is 109 cm³/mol. The molecule has 9 heteroatoms. The molecule has 1 unspecified atom stereocenters. The standard InChI is InChI=1S/C19H21N3O4S.ClH/c1-2-22-17-8-7-14(11-18(17)26-19(22)23)27(24,25)21-12-16-15-6-4-3-5-13(15)9-10-20-16;/h3-8,11,16,20-21H,2,9-10,12H2,1H3;1H. The minimum absolute atomic E-state index is 0. The van der Waals surface area contributed by atoms with Crippen LogP contribution in [-0.2, 0) is 23.0 Å². The highest BCUT2D eigenvalue weighted by molar-refractivity contribution is 7.89. The molecule has 3 aromatic rings. The Morgan fingerprint density at radius 1 is 1.25 bits per heavy atom. The van der Waals surface area contributed by atoms with E-state index in [1.807, 2.05) is 25.1 Å². The molecular weight excluding hydrogens is 402 g/mol. The average Bonchev–Trinajstić information content (AvgIpc) is 3.00. The van der Waals surface area contributed by atoms with Crippen LogP contribution in [-0.4, -0.2) is 26.1 Å². The number of oxazole rings is 1. The number of hydrogen-bond donors (Lipinski definition) is 2. The number of nitrogens with one attached hydrogen (secondary N) is 2. The molecule has 4 rings (SSSR count). The summed E-state index contributed by atoms with van der Waals surface area (Å²) in [7, 11) is -3.73. The van der Waals surface area contributed by atoms with Crippen LogP contribution >= 0.6 is 12.4 Å². The number of hydrogen-bond acceptors (Lipinski definition) is 5. The van der Waals surface area contributed by atoms with Crippen LogP contribution in [0.2, 0.25) is 0 Å². The van der Waals surface area contributed by atoms with E-state index in [-0.39, 0.29) is 35.5 Å². The first kappa shape index (κ1) is 20.6. The number of rotatable bonds is 5. The van der Waals surface area contributed by atoms with Gasteiger partial charge in [-0.1, -0.05) is 24.3 Å². The van der Waals surface area contributed by atoms with Crippen LogP contribution in [0.5, 0.6) is 0 Å². The van der Waals surface area contributed by atoms with Crippen LogP contribution in [0.4, 0.5) is 0 Å². The highest BCUT2D eigenvalue weighted by Crippen LogP contribution is 2.23. The Kier molecular flexibility index (Phi) is 5.95. The summed E-state index contributed by atoms with van der Waals surface area (Å²) < 4.78 is 34.8. The molecule has 0 spiro atoms. The first-order chi connectivity index (χ1) is 13.0. The highest BCUT2D eigenvalue weighted by Gasteiger charge is 2.23. The van der Waals surface area contributed by atoms with Gasteiger partial charge in [0.1, 0.15) is 0 Å². The van der Waals surface area contributed by atoms with Gasteiger partial charge >= 0.3 is 5.76 Å². The van der Waals surface area contributed by atoms with Gasteiger partial charge in [-0.2, -0.15) is 0 Å². The van der Waals surface area contributed by atoms with Crippen molar-refractivity contribution >= 4 is 33.5 Å². The number of benzene rings is 2. The average molecular weight is 424 g/mol. The van der Waals surface area contributed by atoms with Crippen molar-refractivity contribution in [2.45, 2.75) is 30.8 Å². The van der Waals surface area contributed by atoms with Gasteiger partial charge in [-0.3, -0.25) is 4.57 Å². The van der Waals surface area contributed by atoms with Gasteiger partial charge in [-0.25, -0.2) is 17.9 Å². The van der Waals surface area contributed by atoms with Crippen molar-refractivity contribution in [1.29, 1.82) is 0 Å². The second kappa shape index (κ2) is 8.08. The van der Waals surface area contributed by atoms with Crippen molar-refractivity contribution in [1.82, 2.24) is 14.6 Å². The zero-order valence-corrected chi connectivity index (χ0v) is 17.0. The van der Waals surface area contributed by atoms with Crippen LogP contribution in [0, 0.1) is 0 Å². The molecule has 0 bridgehead atoms. The van der Waals surface area contributed by atoms with Crippen molar-refractivity contribution in [3.63, 3.8) is 0 Å². The van der Waals surface area contributed by atoms with Gasteiger partial charge in [0, 0.05) is 25.2 Å². The molecule has 2 N–H and O–H groups in total. The van der Waals surface area contributed by atoms with Gasteiger partial charge in [0.15, 0.2) is 5.58 Å². The lowest BCUT2D eigenvalue weighted by atomic mass is 9.95. The van der Waals surface area contributed by atoms with Gasteiger partial charge in [0.2, 0.25) is 10.0 Å². The maximum absolute atomic E-state index is 12.7. The van der Waals surface area contributed by atoms with Crippen molar-refractivity contribution in [3.05, 3.63) is 64.1 Å². The lowest BCUT2D eigenvalue weighted by Crippen LogP contribution is -2.38. The molecule has 150 valence electrons. The molecule has 0 radical (unpaired) electrons. The lowest BCUT2D eigenvalue weighted by Gasteiger charge is -2.27. The summed E-state index contributed by atoms with van der Waals surface area (Å²) in [5, 5.41) is 3.36. The normalized spacial score (nSPS) is 16.5. The maximum Gasteiger partial charge on any atom is 0.419 e. The number of sulfonamides is 1. The molecule has 0 aliphatic carbocycles. The van der Waals surface area contributed by atoms with Gasteiger partial charge in [-0.15, -0.1) is 12.4 Å². The molecule has 0 fully saturated rings. The summed E-state index contributed by atoms with van der Waals surface area (Å²) in [6.45, 7) is 3.35. The van der Waals surface area contributed by atoms with Crippen LogP contribution in [0.3, 0.4) is 0 Å². The monoisotopic (exact) mass is 423 g/mol. The fourth-order valence-corrected chi connectivity index (χ4v) is 4.63. The molecule has 2 heterocycles. The van der Waals surface area contributed by atoms with Crippen molar-refractivity contribution in [2.24, 2.45) is 0 Å². The molecule has 2 aromatic carbocycles.